The van der Waals surface area contributed by atoms with Gasteiger partial charge in [-0.15, -0.1) is 0 Å². The van der Waals surface area contributed by atoms with E-state index in [0.29, 0.717) is 24.2 Å². The van der Waals surface area contributed by atoms with Crippen molar-refractivity contribution < 1.29 is 13.7 Å². The van der Waals surface area contributed by atoms with Gasteiger partial charge in [0.05, 0.1) is 19.2 Å². The van der Waals surface area contributed by atoms with Crippen LogP contribution in [0.4, 0.5) is 4.39 Å². The maximum atomic E-state index is 13.4. The molecule has 2 heterocycles. The van der Waals surface area contributed by atoms with Gasteiger partial charge in [0.15, 0.2) is 0 Å². The molecule has 0 N–H and O–H groups in total. The van der Waals surface area contributed by atoms with E-state index in [1.807, 2.05) is 30.3 Å². The molecule has 1 fully saturated rings. The smallest absolute Gasteiger partial charge is 0.241 e. The fourth-order valence-electron chi connectivity index (χ4n) is 3.80. The van der Waals surface area contributed by atoms with Crippen molar-refractivity contribution in [3.8, 4) is 17.1 Å². The van der Waals surface area contributed by atoms with Crippen molar-refractivity contribution >= 4 is 0 Å². The first-order chi connectivity index (χ1) is 13.7. The first kappa shape index (κ1) is 18.6. The topological polar surface area (TPSA) is 51.4 Å². The lowest BCUT2D eigenvalue weighted by atomic mass is 9.90. The van der Waals surface area contributed by atoms with E-state index in [1.54, 1.807) is 19.2 Å². The van der Waals surface area contributed by atoms with Gasteiger partial charge in [-0.1, -0.05) is 29.4 Å². The summed E-state index contributed by atoms with van der Waals surface area (Å²) in [6, 6.07) is 14.6. The number of hydrogen-bond donors (Lipinski definition) is 0. The number of hydrogen-bond acceptors (Lipinski definition) is 5. The summed E-state index contributed by atoms with van der Waals surface area (Å²) in [4.78, 5) is 6.87. The van der Waals surface area contributed by atoms with Crippen LogP contribution in [-0.4, -0.2) is 35.2 Å². The zero-order valence-corrected chi connectivity index (χ0v) is 16.0. The van der Waals surface area contributed by atoms with Crippen LogP contribution in [0.25, 0.3) is 11.4 Å². The van der Waals surface area contributed by atoms with Crippen LogP contribution in [0, 0.1) is 11.7 Å². The van der Waals surface area contributed by atoms with Gasteiger partial charge in [-0.25, -0.2) is 4.39 Å². The molecule has 0 bridgehead atoms. The van der Waals surface area contributed by atoms with Gasteiger partial charge in [-0.2, -0.15) is 4.98 Å². The van der Waals surface area contributed by atoms with E-state index in [1.165, 1.54) is 6.07 Å². The second-order valence-electron chi connectivity index (χ2n) is 7.27. The molecule has 2 aromatic carbocycles. The molecule has 0 saturated carbocycles. The van der Waals surface area contributed by atoms with Crippen LogP contribution in [0.3, 0.4) is 0 Å². The highest BCUT2D eigenvalue weighted by molar-refractivity contribution is 5.63. The number of likely N-dealkylation sites (tertiary alicyclic amines) is 1. The van der Waals surface area contributed by atoms with Gasteiger partial charge in [0, 0.05) is 0 Å². The number of piperidine rings is 1. The summed E-state index contributed by atoms with van der Waals surface area (Å²) >= 11 is 0. The van der Waals surface area contributed by atoms with Gasteiger partial charge in [0.25, 0.3) is 0 Å². The Morgan fingerprint density at radius 3 is 2.75 bits per heavy atom. The molecule has 5 nitrogen and oxygen atoms in total. The van der Waals surface area contributed by atoms with Crippen LogP contribution in [0.15, 0.2) is 53.1 Å². The molecule has 0 radical (unpaired) electrons. The summed E-state index contributed by atoms with van der Waals surface area (Å²) in [6.45, 7) is 2.60. The lowest BCUT2D eigenvalue weighted by Crippen LogP contribution is -2.34. The van der Waals surface area contributed by atoms with Crippen molar-refractivity contribution in [1.82, 2.24) is 15.0 Å². The Hall–Kier alpha value is -2.73. The summed E-state index contributed by atoms with van der Waals surface area (Å²) < 4.78 is 24.2. The molecule has 1 aromatic heterocycles. The van der Waals surface area contributed by atoms with Crippen LogP contribution in [0.5, 0.6) is 5.75 Å². The third kappa shape index (κ3) is 4.39. The van der Waals surface area contributed by atoms with Crippen LogP contribution in [0.2, 0.25) is 0 Å². The average Bonchev–Trinajstić information content (AvgIpc) is 3.18. The number of nitrogens with zero attached hydrogens (tertiary/aromatic N) is 3. The maximum absolute atomic E-state index is 13.4. The van der Waals surface area contributed by atoms with Crippen LogP contribution < -0.4 is 4.74 Å². The van der Waals surface area contributed by atoms with Gasteiger partial charge in [0.1, 0.15) is 11.6 Å². The molecule has 1 aliphatic heterocycles. The third-order valence-corrected chi connectivity index (χ3v) is 5.30. The highest BCUT2D eigenvalue weighted by Crippen LogP contribution is 2.28. The molecular formula is C22H24FN3O2. The Morgan fingerprint density at radius 1 is 1.14 bits per heavy atom. The number of para-hydroxylation sites is 1. The summed E-state index contributed by atoms with van der Waals surface area (Å²) in [5.74, 6) is 2.33. The quantitative estimate of drug-likeness (QED) is 0.636. The lowest BCUT2D eigenvalue weighted by molar-refractivity contribution is 0.159. The summed E-state index contributed by atoms with van der Waals surface area (Å²) in [5.41, 5.74) is 1.91. The Kier molecular flexibility index (Phi) is 5.67. The zero-order valence-electron chi connectivity index (χ0n) is 16.0. The minimum Gasteiger partial charge on any atom is -0.496 e. The Bertz CT molecular complexity index is 919. The average molecular weight is 381 g/mol. The van der Waals surface area contributed by atoms with Crippen LogP contribution in [0.1, 0.15) is 24.3 Å². The second-order valence-corrected chi connectivity index (χ2v) is 7.27. The van der Waals surface area contributed by atoms with Gasteiger partial charge < -0.3 is 9.26 Å². The highest BCUT2D eigenvalue weighted by Gasteiger charge is 2.22. The number of aromatic nitrogens is 2. The molecule has 1 aliphatic rings. The van der Waals surface area contributed by atoms with Gasteiger partial charge in [-0.05, 0) is 68.1 Å². The van der Waals surface area contributed by atoms with E-state index in [-0.39, 0.29) is 5.82 Å². The van der Waals surface area contributed by atoms with E-state index < -0.39 is 0 Å². The molecule has 0 amide bonds. The monoisotopic (exact) mass is 381 g/mol. The molecule has 4 rings (SSSR count). The third-order valence-electron chi connectivity index (χ3n) is 5.30. The fourth-order valence-corrected chi connectivity index (χ4v) is 3.80. The number of ether oxygens (including phenoxy) is 1. The maximum Gasteiger partial charge on any atom is 0.241 e. The Morgan fingerprint density at radius 2 is 1.96 bits per heavy atom. The number of benzene rings is 2. The van der Waals surface area contributed by atoms with Crippen molar-refractivity contribution in [3.05, 3.63) is 65.8 Å². The lowest BCUT2D eigenvalue weighted by Gasteiger charge is -2.31. The molecule has 0 aliphatic carbocycles. The molecule has 3 aromatic rings. The van der Waals surface area contributed by atoms with E-state index in [9.17, 15) is 4.39 Å². The predicted octanol–water partition coefficient (Wildman–Crippen LogP) is 4.34. The fraction of sp³-hybridized carbons (Fsp3) is 0.364. The van der Waals surface area contributed by atoms with Crippen LogP contribution in [-0.2, 0) is 13.0 Å². The molecule has 146 valence electrons. The van der Waals surface area contributed by atoms with E-state index in [4.69, 9.17) is 9.26 Å². The first-order valence-electron chi connectivity index (χ1n) is 9.64. The van der Waals surface area contributed by atoms with Gasteiger partial charge >= 0.3 is 0 Å². The molecule has 1 saturated heterocycles. The van der Waals surface area contributed by atoms with Crippen molar-refractivity contribution in [2.24, 2.45) is 5.92 Å². The predicted molar refractivity (Wildman–Crippen MR) is 104 cm³/mol. The normalized spacial score (nSPS) is 15.6. The Labute approximate surface area is 164 Å². The van der Waals surface area contributed by atoms with Crippen molar-refractivity contribution in [2.45, 2.75) is 25.8 Å². The standard InChI is InChI=1S/C22H24FN3O2/c1-27-20-8-3-2-7-19(20)22-24-21(28-25-22)15-26-11-9-16(10-12-26)13-17-5-4-6-18(23)14-17/h2-8,14,16H,9-13,15H2,1H3. The van der Waals surface area contributed by atoms with Crippen molar-refractivity contribution in [3.63, 3.8) is 0 Å². The first-order valence-corrected chi connectivity index (χ1v) is 9.64. The van der Waals surface area contributed by atoms with E-state index in [0.717, 1.165) is 49.2 Å². The highest BCUT2D eigenvalue weighted by atomic mass is 19.1. The summed E-state index contributed by atoms with van der Waals surface area (Å²) in [6.07, 6.45) is 3.11. The zero-order chi connectivity index (χ0) is 19.3. The minimum atomic E-state index is -0.155. The second kappa shape index (κ2) is 8.52. The van der Waals surface area contributed by atoms with E-state index in [2.05, 4.69) is 15.0 Å². The largest absolute Gasteiger partial charge is 0.496 e. The molecular weight excluding hydrogens is 357 g/mol. The van der Waals surface area contributed by atoms with E-state index >= 15 is 0 Å². The molecule has 0 unspecified atom stereocenters. The molecule has 6 heteroatoms. The number of halogens is 1. The molecule has 0 spiro atoms. The summed E-state index contributed by atoms with van der Waals surface area (Å²) in [7, 11) is 1.63. The molecule has 0 atom stereocenters. The van der Waals surface area contributed by atoms with Crippen LogP contribution >= 0.6 is 0 Å². The molecule has 28 heavy (non-hydrogen) atoms. The van der Waals surface area contributed by atoms with Crippen molar-refractivity contribution in [2.75, 3.05) is 20.2 Å². The Balaban J connectivity index is 1.32. The number of methoxy groups -OCH3 is 1. The van der Waals surface area contributed by atoms with Gasteiger partial charge in [-0.3, -0.25) is 4.90 Å². The number of rotatable bonds is 6. The van der Waals surface area contributed by atoms with Gasteiger partial charge in [0.2, 0.25) is 11.7 Å². The SMILES string of the molecule is COc1ccccc1-c1noc(CN2CCC(Cc3cccc(F)c3)CC2)n1. The summed E-state index contributed by atoms with van der Waals surface area (Å²) in [5, 5.41) is 4.11. The van der Waals surface area contributed by atoms with Crippen molar-refractivity contribution in [1.29, 1.82) is 0 Å². The minimum absolute atomic E-state index is 0.155.